The molecule has 0 aliphatic heterocycles. The lowest BCUT2D eigenvalue weighted by Gasteiger charge is -2.28. The number of hydrogen-bond donors (Lipinski definition) is 0. The maximum atomic E-state index is 6.32. The molecule has 9 rings (SSSR count). The fraction of sp³-hybridized carbons (Fsp3) is 0.0667. The summed E-state index contributed by atoms with van der Waals surface area (Å²) < 4.78 is 6.32. The Morgan fingerprint density at radius 3 is 1.57 bits per heavy atom. The largest absolute Gasteiger partial charge is 0.456 e. The molecule has 224 valence electrons. The van der Waals surface area contributed by atoms with Gasteiger partial charge in [-0.1, -0.05) is 129 Å². The Hall–Kier alpha value is -5.86. The van der Waals surface area contributed by atoms with E-state index >= 15 is 0 Å². The second kappa shape index (κ2) is 10.6. The number of furan rings is 1. The highest BCUT2D eigenvalue weighted by molar-refractivity contribution is 6.11. The molecule has 0 atom stereocenters. The molecule has 0 saturated carbocycles. The summed E-state index contributed by atoms with van der Waals surface area (Å²) in [6.07, 6.45) is 0. The summed E-state index contributed by atoms with van der Waals surface area (Å²) in [6.45, 7) is 4.71. The van der Waals surface area contributed by atoms with Crippen molar-refractivity contribution in [1.29, 1.82) is 0 Å². The first kappa shape index (κ1) is 27.5. The van der Waals surface area contributed by atoms with Gasteiger partial charge in [-0.05, 0) is 93.0 Å². The Kier molecular flexibility index (Phi) is 6.20. The molecular weight excluding hydrogens is 571 g/mol. The van der Waals surface area contributed by atoms with Crippen LogP contribution in [0.15, 0.2) is 168 Å². The van der Waals surface area contributed by atoms with Crippen LogP contribution in [0.5, 0.6) is 0 Å². The molecule has 0 radical (unpaired) electrons. The Morgan fingerprint density at radius 1 is 0.447 bits per heavy atom. The Morgan fingerprint density at radius 2 is 0.957 bits per heavy atom. The number of anilines is 3. The molecule has 1 aliphatic carbocycles. The van der Waals surface area contributed by atoms with E-state index in [0.29, 0.717) is 0 Å². The third kappa shape index (κ3) is 4.40. The van der Waals surface area contributed by atoms with E-state index in [-0.39, 0.29) is 5.41 Å². The zero-order valence-corrected chi connectivity index (χ0v) is 26.4. The van der Waals surface area contributed by atoms with Gasteiger partial charge in [0.2, 0.25) is 0 Å². The van der Waals surface area contributed by atoms with Crippen molar-refractivity contribution in [2.75, 3.05) is 4.90 Å². The molecule has 0 bridgehead atoms. The van der Waals surface area contributed by atoms with Crippen molar-refractivity contribution in [3.05, 3.63) is 175 Å². The van der Waals surface area contributed by atoms with Crippen molar-refractivity contribution in [1.82, 2.24) is 0 Å². The predicted octanol–water partition coefficient (Wildman–Crippen LogP) is 12.7. The number of fused-ring (bicyclic) bond motifs is 7. The zero-order valence-electron chi connectivity index (χ0n) is 26.4. The summed E-state index contributed by atoms with van der Waals surface area (Å²) in [7, 11) is 0. The van der Waals surface area contributed by atoms with Crippen LogP contribution in [0.25, 0.3) is 55.3 Å². The lowest BCUT2D eigenvalue weighted by atomic mass is 9.80. The molecule has 2 nitrogen and oxygen atoms in total. The van der Waals surface area contributed by atoms with Gasteiger partial charge in [0.25, 0.3) is 0 Å². The van der Waals surface area contributed by atoms with Crippen molar-refractivity contribution < 1.29 is 4.42 Å². The molecule has 0 saturated heterocycles. The van der Waals surface area contributed by atoms with Gasteiger partial charge >= 0.3 is 0 Å². The number of nitrogens with zero attached hydrogens (tertiary/aromatic N) is 1. The van der Waals surface area contributed by atoms with Crippen LogP contribution in [0, 0.1) is 0 Å². The van der Waals surface area contributed by atoms with E-state index in [1.54, 1.807) is 0 Å². The van der Waals surface area contributed by atoms with Gasteiger partial charge in [0.05, 0.1) is 0 Å². The Balaban J connectivity index is 1.19. The molecule has 7 aromatic carbocycles. The van der Waals surface area contributed by atoms with E-state index < -0.39 is 0 Å². The Labute approximate surface area is 275 Å². The zero-order chi connectivity index (χ0) is 31.5. The molecule has 1 aromatic heterocycles. The standard InChI is InChI=1S/C45H33NO/c1-45(2)40-29-36(25-26-37(40)38-27-28-42-43(44(38)45)39-15-9-10-16-41(39)47-42)46(34-21-17-32(18-22-34)30-11-5-3-6-12-30)35-23-19-33(20-24-35)31-13-7-4-8-14-31/h3-29H,1-2H3. The molecule has 47 heavy (non-hydrogen) atoms. The molecule has 2 heteroatoms. The molecule has 1 aliphatic rings. The third-order valence-electron chi connectivity index (χ3n) is 9.86. The minimum absolute atomic E-state index is 0.215. The topological polar surface area (TPSA) is 16.4 Å². The Bertz CT molecular complexity index is 2320. The van der Waals surface area contributed by atoms with E-state index in [2.05, 4.69) is 176 Å². The van der Waals surface area contributed by atoms with Crippen LogP contribution in [0.4, 0.5) is 17.1 Å². The monoisotopic (exact) mass is 603 g/mol. The van der Waals surface area contributed by atoms with Gasteiger partial charge in [0, 0.05) is 33.2 Å². The number of hydrogen-bond acceptors (Lipinski definition) is 2. The quantitative estimate of drug-likeness (QED) is 0.195. The van der Waals surface area contributed by atoms with Gasteiger partial charge in [-0.2, -0.15) is 0 Å². The normalized spacial score (nSPS) is 13.1. The first-order valence-electron chi connectivity index (χ1n) is 16.3. The van der Waals surface area contributed by atoms with Crippen LogP contribution < -0.4 is 4.90 Å². The van der Waals surface area contributed by atoms with E-state index in [9.17, 15) is 0 Å². The molecule has 8 aromatic rings. The fourth-order valence-electron chi connectivity index (χ4n) is 7.56. The molecule has 0 fully saturated rings. The number of rotatable bonds is 5. The maximum Gasteiger partial charge on any atom is 0.135 e. The minimum atomic E-state index is -0.215. The first-order chi connectivity index (χ1) is 23.1. The highest BCUT2D eigenvalue weighted by Gasteiger charge is 2.38. The van der Waals surface area contributed by atoms with Gasteiger partial charge in [0.1, 0.15) is 11.2 Å². The van der Waals surface area contributed by atoms with Gasteiger partial charge in [-0.3, -0.25) is 0 Å². The van der Waals surface area contributed by atoms with E-state index in [4.69, 9.17) is 4.42 Å². The van der Waals surface area contributed by atoms with Crippen molar-refractivity contribution in [2.24, 2.45) is 0 Å². The first-order valence-corrected chi connectivity index (χ1v) is 16.3. The van der Waals surface area contributed by atoms with E-state index in [1.807, 2.05) is 6.07 Å². The van der Waals surface area contributed by atoms with Gasteiger partial charge < -0.3 is 9.32 Å². The summed E-state index contributed by atoms with van der Waals surface area (Å²) in [5.41, 5.74) is 15.1. The van der Waals surface area contributed by atoms with Gasteiger partial charge in [-0.15, -0.1) is 0 Å². The smallest absolute Gasteiger partial charge is 0.135 e. The molecule has 0 unspecified atom stereocenters. The summed E-state index contributed by atoms with van der Waals surface area (Å²) in [6, 6.07) is 58.8. The average Bonchev–Trinajstić information content (AvgIpc) is 3.61. The second-order valence-electron chi connectivity index (χ2n) is 13.0. The van der Waals surface area contributed by atoms with E-state index in [0.717, 1.165) is 28.2 Å². The number of para-hydroxylation sites is 1. The van der Waals surface area contributed by atoms with Crippen LogP contribution >= 0.6 is 0 Å². The van der Waals surface area contributed by atoms with Crippen LogP contribution in [-0.2, 0) is 5.41 Å². The summed E-state index contributed by atoms with van der Waals surface area (Å²) >= 11 is 0. The minimum Gasteiger partial charge on any atom is -0.456 e. The van der Waals surface area contributed by atoms with Crippen molar-refractivity contribution >= 4 is 39.0 Å². The van der Waals surface area contributed by atoms with Crippen LogP contribution in [0.1, 0.15) is 25.0 Å². The molecule has 0 amide bonds. The van der Waals surface area contributed by atoms with Crippen LogP contribution in [0.3, 0.4) is 0 Å². The highest BCUT2D eigenvalue weighted by atomic mass is 16.3. The highest BCUT2D eigenvalue weighted by Crippen LogP contribution is 2.54. The molecular formula is C45H33NO. The lowest BCUT2D eigenvalue weighted by molar-refractivity contribution is 0.657. The van der Waals surface area contributed by atoms with Crippen molar-refractivity contribution in [3.8, 4) is 33.4 Å². The van der Waals surface area contributed by atoms with Gasteiger partial charge in [0.15, 0.2) is 0 Å². The summed E-state index contributed by atoms with van der Waals surface area (Å²) in [5.74, 6) is 0. The summed E-state index contributed by atoms with van der Waals surface area (Å²) in [4.78, 5) is 2.38. The van der Waals surface area contributed by atoms with Crippen molar-refractivity contribution in [3.63, 3.8) is 0 Å². The predicted molar refractivity (Wildman–Crippen MR) is 197 cm³/mol. The maximum absolute atomic E-state index is 6.32. The van der Waals surface area contributed by atoms with E-state index in [1.165, 1.54) is 55.3 Å². The van der Waals surface area contributed by atoms with Crippen molar-refractivity contribution in [2.45, 2.75) is 19.3 Å². The van der Waals surface area contributed by atoms with Crippen LogP contribution in [0.2, 0.25) is 0 Å². The molecule has 1 heterocycles. The average molecular weight is 604 g/mol. The number of benzene rings is 7. The lowest BCUT2D eigenvalue weighted by Crippen LogP contribution is -2.17. The third-order valence-corrected chi connectivity index (χ3v) is 9.86. The second-order valence-corrected chi connectivity index (χ2v) is 13.0. The molecule has 0 spiro atoms. The van der Waals surface area contributed by atoms with Gasteiger partial charge in [-0.25, -0.2) is 0 Å². The molecule has 0 N–H and O–H groups in total. The summed E-state index contributed by atoms with van der Waals surface area (Å²) in [5, 5.41) is 2.41. The fourth-order valence-corrected chi connectivity index (χ4v) is 7.56. The van der Waals surface area contributed by atoms with Crippen LogP contribution in [-0.4, -0.2) is 0 Å². The SMILES string of the molecule is CC1(C)c2cc(N(c3ccc(-c4ccccc4)cc3)c3ccc(-c4ccccc4)cc3)ccc2-c2ccc3oc4ccccc4c3c21.